The van der Waals surface area contributed by atoms with Crippen LogP contribution in [-0.2, 0) is 74.3 Å². The molecule has 4 aromatic heterocycles. The number of alkyl halides is 1. The van der Waals surface area contributed by atoms with Crippen LogP contribution in [-0.4, -0.2) is 187 Å². The van der Waals surface area contributed by atoms with Crippen LogP contribution in [0.1, 0.15) is 138 Å². The van der Waals surface area contributed by atoms with Crippen molar-refractivity contribution in [2.24, 2.45) is 11.8 Å². The number of carbonyl (C=O) groups is 2. The molecule has 9 N–H and O–H groups in total. The Morgan fingerprint density at radius 1 is 0.608 bits per heavy atom. The van der Waals surface area contributed by atoms with E-state index in [9.17, 15) is 71.6 Å². The van der Waals surface area contributed by atoms with Gasteiger partial charge in [-0.25, -0.2) is 28.3 Å². The molecule has 4 fully saturated rings. The van der Waals surface area contributed by atoms with Gasteiger partial charge in [0.1, 0.15) is 55.1 Å². The van der Waals surface area contributed by atoms with E-state index in [4.69, 9.17) is 56.6 Å². The number of rotatable bonds is 27. The average Bonchev–Trinajstić information content (AvgIpc) is 1.77. The zero-order valence-electron chi connectivity index (χ0n) is 62.9. The minimum Gasteiger partial charge on any atom is -0.454 e. The van der Waals surface area contributed by atoms with Gasteiger partial charge in [0, 0.05) is 123 Å². The van der Waals surface area contributed by atoms with Gasteiger partial charge in [0.15, 0.2) is 0 Å². The number of aryl methyl sites for hydroxylation is 4. The van der Waals surface area contributed by atoms with Crippen LogP contribution in [0.3, 0.4) is 0 Å². The minimum absolute atomic E-state index is 0.0316. The number of hydrogen-bond donors (Lipinski definition) is 9. The van der Waals surface area contributed by atoms with Gasteiger partial charge < -0.3 is 48.6 Å². The van der Waals surface area contributed by atoms with Crippen molar-refractivity contribution < 1.29 is 102 Å². The highest BCUT2D eigenvalue weighted by Gasteiger charge is 2.47. The fourth-order valence-corrected chi connectivity index (χ4v) is 15.8. The van der Waals surface area contributed by atoms with E-state index in [0.717, 1.165) is 18.3 Å². The number of nitrogens with zero attached hydrogens (tertiary/aromatic N) is 4. The number of quaternary nitrogens is 1. The van der Waals surface area contributed by atoms with Crippen molar-refractivity contribution in [1.29, 1.82) is 2.86 Å². The summed E-state index contributed by atoms with van der Waals surface area (Å²) in [5, 5.41) is 17.6. The summed E-state index contributed by atoms with van der Waals surface area (Å²) in [6.07, 6.45) is -6.13. The lowest BCUT2D eigenvalue weighted by atomic mass is 10.2. The monoisotopic (exact) mass is 1580 g/mol. The number of nitrogens with one attached hydrogen (secondary N) is 5. The van der Waals surface area contributed by atoms with E-state index in [2.05, 4.69) is 62.5 Å². The quantitative estimate of drug-likeness (QED) is 0.0179. The molecule has 43 heteroatoms. The maximum absolute atomic E-state index is 14.2. The van der Waals surface area contributed by atoms with E-state index < -0.39 is 189 Å². The van der Waals surface area contributed by atoms with E-state index in [1.54, 1.807) is 32.6 Å². The lowest BCUT2D eigenvalue weighted by Crippen LogP contribution is -3.11. The molecule has 0 aliphatic carbocycles. The van der Waals surface area contributed by atoms with Crippen LogP contribution in [0.15, 0.2) is 63.1 Å². The Bertz CT molecular complexity index is 4070. The number of aromatic nitrogens is 8. The number of hydrogen-bond acceptors (Lipinski definition) is 29. The molecule has 0 spiro atoms. The smallest absolute Gasteiger partial charge is 0.454 e. The van der Waals surface area contributed by atoms with Crippen molar-refractivity contribution >= 4 is 68.2 Å². The minimum atomic E-state index is -4.34. The molecule has 15 atom stereocenters. The molecule has 0 aromatic carbocycles. The number of aliphatic hydroxyl groups is 3. The fourth-order valence-electron chi connectivity index (χ4n) is 9.69. The standard InChI is InChI=1S/C25H34N4O14P2S.C25H35N4O12PS.C6H15N.CH3Cl.2CH4O/c1-12(2)23(32)38-11-46-45(37,43-16-6-19(40-15(16)5)28-8-13(3)21(30)26-24(28)33)39-10-18-17(42-44(35)36)7-20(41-18)29-9-14(4)22(31)27-25(29)34;1-12(2)23(33)37-11-43-42(36,41-17-7-20(39-15(17)5)29-9-14(4)22(32)27-25(29)35)38-10-18-16(30)6-19(40-18)28-8-13(3)21(31)26-24(28)34;1-4-7(5-2)6-3;3*1-2/h8-9,12,15-20H,6-7,10-11H2,1-5H3,(H2-,26,27,30,31,33,34,35,36);8-9,12,15-20,30H,6-7,10-11H2,1-5H3,(H,26,31,34)(H,27,32,35);4-6H2,1-3H3;1H3;2*2H,1H3/p+2/t15-,16?,17?,18-,19-,20-,45?;15-,16?,17?,18-,19-,20-,42?;;;;/m11..../s1/i2*5D;;;2*2T. The van der Waals surface area contributed by atoms with E-state index in [1.165, 1.54) is 92.7 Å². The van der Waals surface area contributed by atoms with Crippen molar-refractivity contribution in [3.8, 4) is 0 Å². The summed E-state index contributed by atoms with van der Waals surface area (Å²) >= 11 is 5.72. The predicted molar refractivity (Wildman–Crippen MR) is 375 cm³/mol. The lowest BCUT2D eigenvalue weighted by Gasteiger charge is -2.24. The fraction of sp³-hybridized carbons (Fsp3) is 0.695. The molecule has 37 nitrogen and oxygen atoms in total. The van der Waals surface area contributed by atoms with Gasteiger partial charge in [-0.15, -0.1) is 21.0 Å². The molecule has 0 saturated carbocycles. The predicted octanol–water partition coefficient (Wildman–Crippen LogP) is 2.80. The summed E-state index contributed by atoms with van der Waals surface area (Å²) in [6.45, 7) is 12.6. The van der Waals surface area contributed by atoms with Crippen LogP contribution in [0.5, 0.6) is 0 Å². The van der Waals surface area contributed by atoms with Crippen LogP contribution in [0.2, 0.25) is 0 Å². The van der Waals surface area contributed by atoms with Crippen LogP contribution in [0, 0.1) is 39.5 Å². The first-order valence-corrected chi connectivity index (χ1v) is 39.8. The number of carbonyl (C=O) groups excluding carboxylic acids is 2. The first kappa shape index (κ1) is 83.9. The Labute approximate surface area is 605 Å². The third kappa shape index (κ3) is 26.6. The van der Waals surface area contributed by atoms with E-state index in [0.29, 0.717) is 22.8 Å². The summed E-state index contributed by atoms with van der Waals surface area (Å²) in [7, 11) is -0.558. The normalized spacial score (nSPS) is 24.6. The molecule has 8 heterocycles. The highest BCUT2D eigenvalue weighted by molar-refractivity contribution is 8.55. The van der Waals surface area contributed by atoms with Crippen molar-refractivity contribution in [3.63, 3.8) is 0 Å². The molecular formula is C59H97ClN9O28P3S2+2. The van der Waals surface area contributed by atoms with E-state index in [-0.39, 0.29) is 61.7 Å². The summed E-state index contributed by atoms with van der Waals surface area (Å²) in [4.78, 5) is 141. The number of aliphatic hydroxyl groups excluding tert-OH is 3. The Hall–Kier alpha value is -5.35. The number of halogens is 1. The maximum Gasteiger partial charge on any atom is 0.695 e. The highest BCUT2D eigenvalue weighted by atomic mass is 35.5. The largest absolute Gasteiger partial charge is 0.695 e. The summed E-state index contributed by atoms with van der Waals surface area (Å²) < 4.78 is 133. The maximum atomic E-state index is 14.2. The number of ether oxygens (including phenoxy) is 6. The molecule has 578 valence electrons. The second-order valence-corrected chi connectivity index (χ2v) is 31.8. The Balaban J connectivity index is 0.000000463. The third-order valence-corrected chi connectivity index (χ3v) is 22.6. The molecule has 8 rings (SSSR count). The van der Waals surface area contributed by atoms with Gasteiger partial charge in [-0.1, -0.05) is 27.7 Å². The molecule has 0 radical (unpaired) electrons. The van der Waals surface area contributed by atoms with Crippen molar-refractivity contribution in [2.45, 2.75) is 189 Å². The third-order valence-electron chi connectivity index (χ3n) is 15.4. The van der Waals surface area contributed by atoms with Gasteiger partial charge in [0.25, 0.3) is 22.2 Å². The first-order chi connectivity index (χ1) is 50.0. The van der Waals surface area contributed by atoms with Crippen molar-refractivity contribution in [1.82, 2.24) is 38.2 Å². The van der Waals surface area contributed by atoms with E-state index >= 15 is 0 Å². The molecule has 0 amide bonds. The first-order valence-electron chi connectivity index (χ1n) is 33.9. The Morgan fingerprint density at radius 3 is 1.22 bits per heavy atom. The van der Waals surface area contributed by atoms with Gasteiger partial charge >= 0.3 is 56.5 Å². The van der Waals surface area contributed by atoms with Gasteiger partial charge in [-0.2, -0.15) is 0 Å². The zero-order valence-corrected chi connectivity index (χ0v) is 64.0. The van der Waals surface area contributed by atoms with Gasteiger partial charge in [-0.05, 0) is 62.3 Å². The second kappa shape index (κ2) is 43.3. The van der Waals surface area contributed by atoms with Crippen molar-refractivity contribution in [3.05, 3.63) is 130 Å². The molecule has 4 aliphatic heterocycles. The summed E-state index contributed by atoms with van der Waals surface area (Å²) in [6, 6.07) is 0. The molecule has 102 heavy (non-hydrogen) atoms. The SMILES string of the molecule is CC[NH+](CC)CC.CCl.[2H]C[C@H]1O[C@@H](n2cc(C)c(=O)[nH]c2=O)CC1OP(=O)(OC[C@H]1O[C@@H](n2cc(C)c(=O)[nH]c2=O)CC1O)SCOC(=O)C(C)C.[2H]C[C@H]1O[C@@H](n2cc(C)c(=O)[nH]c2=O)CC1OP(=O)(OC[C@H]1O[C@@H](n2cc(C)c(=O)[nH]c2=O)CC1O[P+](=O)O)SCOC(=O)C(C)C.[3H]OC.[3H]OC. The molecule has 4 aliphatic rings. The lowest BCUT2D eigenvalue weighted by molar-refractivity contribution is -0.894. The zero-order chi connectivity index (χ0) is 80.1. The average molecular weight is 1580 g/mol. The van der Waals surface area contributed by atoms with Crippen LogP contribution >= 0.6 is 56.2 Å². The topological polar surface area (TPSA) is 492 Å². The van der Waals surface area contributed by atoms with Gasteiger partial charge in [0.2, 0.25) is 2.86 Å². The highest BCUT2D eigenvalue weighted by Crippen LogP contribution is 2.64. The Morgan fingerprint density at radius 2 is 0.912 bits per heavy atom. The van der Waals surface area contributed by atoms with Gasteiger partial charge in [-0.3, -0.25) is 85.1 Å². The molecule has 4 saturated heterocycles. The number of H-pyrrole nitrogens is 4. The van der Waals surface area contributed by atoms with Crippen LogP contribution in [0.4, 0.5) is 0 Å². The summed E-state index contributed by atoms with van der Waals surface area (Å²) in [5.41, 5.74) is -4.38. The molecule has 4 aromatic rings. The Kier molecular flexibility index (Phi) is 35.6. The second-order valence-electron chi connectivity index (χ2n) is 23.1. The summed E-state index contributed by atoms with van der Waals surface area (Å²) in [5.74, 6) is -2.95. The van der Waals surface area contributed by atoms with Crippen molar-refractivity contribution in [2.75, 3.05) is 65.3 Å². The van der Waals surface area contributed by atoms with Crippen LogP contribution < -0.4 is 49.9 Å². The van der Waals surface area contributed by atoms with Gasteiger partial charge in [0.05, 0.1) is 75.2 Å². The molecule has 7 unspecified atom stereocenters. The van der Waals surface area contributed by atoms with Crippen LogP contribution in [0.25, 0.3) is 0 Å². The van der Waals surface area contributed by atoms with E-state index in [1.807, 2.05) is 0 Å². The molecular weight excluding hydrogens is 1480 g/mol. The number of aromatic amines is 4. The number of esters is 2. The molecule has 0 bridgehead atoms.